The van der Waals surface area contributed by atoms with Crippen LogP contribution in [0.15, 0.2) is 48.5 Å². The minimum Gasteiger partial charge on any atom is -0.489 e. The number of ether oxygens (including phenoxy) is 3. The first-order valence-electron chi connectivity index (χ1n) is 10.7. The van der Waals surface area contributed by atoms with E-state index in [9.17, 15) is 8.42 Å². The standard InChI is InChI=1S/C24H33NO5S/c1-5-28-15-9-14-25(31(4,26)27)22-17-24(2,3)30-23-13-12-20(16-21(22)23)29-18-19-10-7-6-8-11-19/h6-8,10-13,16,22H,5,9,14-15,17-18H2,1-4H3. The maximum atomic E-state index is 12.7. The van der Waals surface area contributed by atoms with Gasteiger partial charge in [-0.2, -0.15) is 4.31 Å². The van der Waals surface area contributed by atoms with Gasteiger partial charge in [-0.25, -0.2) is 8.42 Å². The van der Waals surface area contributed by atoms with Gasteiger partial charge in [-0.05, 0) is 51.0 Å². The lowest BCUT2D eigenvalue weighted by Gasteiger charge is -2.41. The Balaban J connectivity index is 1.87. The van der Waals surface area contributed by atoms with E-state index in [-0.39, 0.29) is 6.04 Å². The number of benzene rings is 2. The van der Waals surface area contributed by atoms with Crippen LogP contribution in [-0.4, -0.2) is 44.3 Å². The Morgan fingerprint density at radius 1 is 1.16 bits per heavy atom. The third-order valence-electron chi connectivity index (χ3n) is 5.30. The van der Waals surface area contributed by atoms with Crippen molar-refractivity contribution in [3.05, 3.63) is 59.7 Å². The second kappa shape index (κ2) is 10.0. The maximum absolute atomic E-state index is 12.7. The minimum absolute atomic E-state index is 0.323. The molecular weight excluding hydrogens is 414 g/mol. The van der Waals surface area contributed by atoms with Gasteiger partial charge in [-0.3, -0.25) is 0 Å². The van der Waals surface area contributed by atoms with Crippen molar-refractivity contribution in [2.45, 2.75) is 51.9 Å². The van der Waals surface area contributed by atoms with Crippen LogP contribution in [0.1, 0.15) is 50.8 Å². The van der Waals surface area contributed by atoms with Gasteiger partial charge in [0.1, 0.15) is 23.7 Å². The van der Waals surface area contributed by atoms with Gasteiger partial charge in [-0.1, -0.05) is 30.3 Å². The summed E-state index contributed by atoms with van der Waals surface area (Å²) in [6, 6.07) is 15.3. The zero-order valence-corrected chi connectivity index (χ0v) is 19.7. The summed E-state index contributed by atoms with van der Waals surface area (Å²) in [5.41, 5.74) is 1.43. The fourth-order valence-corrected chi connectivity index (χ4v) is 5.01. The fraction of sp³-hybridized carbons (Fsp3) is 0.500. The van der Waals surface area contributed by atoms with Crippen molar-refractivity contribution in [2.24, 2.45) is 0 Å². The Morgan fingerprint density at radius 2 is 1.90 bits per heavy atom. The summed E-state index contributed by atoms with van der Waals surface area (Å²) in [6.07, 6.45) is 2.47. The molecule has 2 aromatic rings. The molecule has 0 amide bonds. The highest BCUT2D eigenvalue weighted by Crippen LogP contribution is 2.44. The van der Waals surface area contributed by atoms with Crippen LogP contribution in [0.25, 0.3) is 0 Å². The first kappa shape index (κ1) is 23.6. The molecule has 1 aliphatic rings. The molecule has 0 bridgehead atoms. The molecule has 2 aromatic carbocycles. The van der Waals surface area contributed by atoms with Gasteiger partial charge in [-0.15, -0.1) is 0 Å². The number of nitrogens with zero attached hydrogens (tertiary/aromatic N) is 1. The van der Waals surface area contributed by atoms with Gasteiger partial charge in [0.05, 0.1) is 12.3 Å². The van der Waals surface area contributed by atoms with Crippen LogP contribution in [0, 0.1) is 0 Å². The third-order valence-corrected chi connectivity index (χ3v) is 6.59. The average molecular weight is 448 g/mol. The Morgan fingerprint density at radius 3 is 2.58 bits per heavy atom. The number of fused-ring (bicyclic) bond motifs is 1. The molecule has 1 heterocycles. The number of hydrogen-bond donors (Lipinski definition) is 0. The molecule has 0 aromatic heterocycles. The first-order chi connectivity index (χ1) is 14.7. The van der Waals surface area contributed by atoms with Crippen LogP contribution in [-0.2, 0) is 21.4 Å². The van der Waals surface area contributed by atoms with E-state index >= 15 is 0 Å². The van der Waals surface area contributed by atoms with Crippen LogP contribution in [0.5, 0.6) is 11.5 Å². The van der Waals surface area contributed by atoms with Gasteiger partial charge >= 0.3 is 0 Å². The molecule has 0 fully saturated rings. The normalized spacial score (nSPS) is 17.8. The molecule has 0 saturated heterocycles. The van der Waals surface area contributed by atoms with Crippen molar-refractivity contribution in [3.8, 4) is 11.5 Å². The molecular formula is C24H33NO5S. The van der Waals surface area contributed by atoms with Gasteiger partial charge in [0.2, 0.25) is 10.0 Å². The van der Waals surface area contributed by atoms with Crippen LogP contribution in [0.4, 0.5) is 0 Å². The van der Waals surface area contributed by atoms with Crippen LogP contribution >= 0.6 is 0 Å². The van der Waals surface area contributed by atoms with Crippen molar-refractivity contribution < 1.29 is 22.6 Å². The fourth-order valence-electron chi connectivity index (χ4n) is 3.90. The quantitative estimate of drug-likeness (QED) is 0.500. The molecule has 0 aliphatic carbocycles. The van der Waals surface area contributed by atoms with Crippen molar-refractivity contribution in [1.82, 2.24) is 4.31 Å². The molecule has 7 heteroatoms. The minimum atomic E-state index is -3.43. The largest absolute Gasteiger partial charge is 0.489 e. The van der Waals surface area contributed by atoms with Crippen LogP contribution < -0.4 is 9.47 Å². The molecule has 0 spiro atoms. The predicted molar refractivity (Wildman–Crippen MR) is 122 cm³/mol. The van der Waals surface area contributed by atoms with E-state index in [2.05, 4.69) is 0 Å². The van der Waals surface area contributed by atoms with E-state index in [0.29, 0.717) is 50.7 Å². The van der Waals surface area contributed by atoms with Gasteiger partial charge in [0, 0.05) is 31.7 Å². The summed E-state index contributed by atoms with van der Waals surface area (Å²) in [5.74, 6) is 1.39. The highest BCUT2D eigenvalue weighted by Gasteiger charge is 2.40. The van der Waals surface area contributed by atoms with Crippen molar-refractivity contribution in [1.29, 1.82) is 0 Å². The summed E-state index contributed by atoms with van der Waals surface area (Å²) in [7, 11) is -3.43. The topological polar surface area (TPSA) is 65.1 Å². The predicted octanol–water partition coefficient (Wildman–Crippen LogP) is 4.56. The Labute approximate surface area is 186 Å². The second-order valence-corrected chi connectivity index (χ2v) is 10.4. The molecule has 0 radical (unpaired) electrons. The highest BCUT2D eigenvalue weighted by molar-refractivity contribution is 7.88. The molecule has 31 heavy (non-hydrogen) atoms. The van der Waals surface area contributed by atoms with E-state index in [1.165, 1.54) is 6.26 Å². The van der Waals surface area contributed by atoms with Crippen molar-refractivity contribution >= 4 is 10.0 Å². The SMILES string of the molecule is CCOCCCN(C1CC(C)(C)Oc2ccc(OCc3ccccc3)cc21)S(C)(=O)=O. The van der Waals surface area contributed by atoms with E-state index < -0.39 is 15.6 Å². The molecule has 0 N–H and O–H groups in total. The molecule has 1 aliphatic heterocycles. The molecule has 1 unspecified atom stereocenters. The highest BCUT2D eigenvalue weighted by atomic mass is 32.2. The number of rotatable bonds is 10. The molecule has 6 nitrogen and oxygen atoms in total. The summed E-state index contributed by atoms with van der Waals surface area (Å²) in [4.78, 5) is 0. The molecule has 0 saturated carbocycles. The second-order valence-electron chi connectivity index (χ2n) is 8.48. The van der Waals surface area contributed by atoms with Gasteiger partial charge < -0.3 is 14.2 Å². The lowest BCUT2D eigenvalue weighted by atomic mass is 9.89. The summed E-state index contributed by atoms with van der Waals surface area (Å²) in [5, 5.41) is 0. The Bertz CT molecular complexity index is 959. The van der Waals surface area contributed by atoms with Gasteiger partial charge in [0.25, 0.3) is 0 Å². The molecule has 170 valence electrons. The monoisotopic (exact) mass is 447 g/mol. The zero-order chi connectivity index (χ0) is 22.5. The number of sulfonamides is 1. The van der Waals surface area contributed by atoms with Crippen LogP contribution in [0.2, 0.25) is 0 Å². The summed E-state index contributed by atoms with van der Waals surface area (Å²) < 4.78 is 44.6. The molecule has 1 atom stereocenters. The Hall–Kier alpha value is -2.09. The van der Waals surface area contributed by atoms with Crippen molar-refractivity contribution in [2.75, 3.05) is 26.0 Å². The van der Waals surface area contributed by atoms with E-state index in [4.69, 9.17) is 14.2 Å². The maximum Gasteiger partial charge on any atom is 0.211 e. The number of hydrogen-bond acceptors (Lipinski definition) is 5. The van der Waals surface area contributed by atoms with Crippen molar-refractivity contribution in [3.63, 3.8) is 0 Å². The lowest BCUT2D eigenvalue weighted by molar-refractivity contribution is 0.0481. The third kappa shape index (κ3) is 6.45. The Kier molecular flexibility index (Phi) is 7.62. The first-order valence-corrected chi connectivity index (χ1v) is 12.6. The smallest absolute Gasteiger partial charge is 0.211 e. The van der Waals surface area contributed by atoms with E-state index in [1.807, 2.05) is 69.3 Å². The van der Waals surface area contributed by atoms with E-state index in [0.717, 1.165) is 11.1 Å². The lowest BCUT2D eigenvalue weighted by Crippen LogP contribution is -2.44. The summed E-state index contributed by atoms with van der Waals surface area (Å²) >= 11 is 0. The molecule has 3 rings (SSSR count). The summed E-state index contributed by atoms with van der Waals surface area (Å²) in [6.45, 7) is 7.90. The van der Waals surface area contributed by atoms with Crippen LogP contribution in [0.3, 0.4) is 0 Å². The van der Waals surface area contributed by atoms with Gasteiger partial charge in [0.15, 0.2) is 0 Å². The average Bonchev–Trinajstić information content (AvgIpc) is 2.71. The zero-order valence-electron chi connectivity index (χ0n) is 18.8. The van der Waals surface area contributed by atoms with E-state index in [1.54, 1.807) is 4.31 Å².